The second-order valence-corrected chi connectivity index (χ2v) is 7.20. The summed E-state index contributed by atoms with van der Waals surface area (Å²) in [5.74, 6) is 0.491. The molecule has 0 aliphatic carbocycles. The Bertz CT molecular complexity index is 368. The molecule has 0 fully saturated rings. The zero-order valence-electron chi connectivity index (χ0n) is 12.4. The van der Waals surface area contributed by atoms with Crippen LogP contribution in [0, 0.1) is 5.41 Å². The fraction of sp³-hybridized carbons (Fsp3) is 0.786. The van der Waals surface area contributed by atoms with Gasteiger partial charge in [0.25, 0.3) is 0 Å². The maximum absolute atomic E-state index is 9.54. The molecule has 0 aliphatic heterocycles. The largest absolute Gasteiger partial charge is 0.395 e. The van der Waals surface area contributed by atoms with Crippen molar-refractivity contribution in [2.24, 2.45) is 5.41 Å². The van der Waals surface area contributed by atoms with Crippen LogP contribution in [0.25, 0.3) is 0 Å². The van der Waals surface area contributed by atoms with E-state index in [1.807, 2.05) is 0 Å². The average Bonchev–Trinajstić information content (AvgIpc) is 2.64. The van der Waals surface area contributed by atoms with E-state index >= 15 is 0 Å². The number of nitrogens with zero attached hydrogens (tertiary/aromatic N) is 2. The van der Waals surface area contributed by atoms with Crippen LogP contribution in [0.15, 0.2) is 5.38 Å². The monoisotopic (exact) mass is 270 g/mol. The van der Waals surface area contributed by atoms with E-state index in [1.54, 1.807) is 11.3 Å². The van der Waals surface area contributed by atoms with Gasteiger partial charge >= 0.3 is 0 Å². The molecule has 1 aromatic rings. The first-order valence-corrected chi connectivity index (χ1v) is 7.39. The lowest BCUT2D eigenvalue weighted by atomic mass is 9.86. The Balaban J connectivity index is 2.70. The molecule has 0 bridgehead atoms. The lowest BCUT2D eigenvalue weighted by molar-refractivity contribution is 0.0607. The van der Waals surface area contributed by atoms with Crippen LogP contribution in [0.3, 0.4) is 0 Å². The maximum atomic E-state index is 9.54. The van der Waals surface area contributed by atoms with Crippen molar-refractivity contribution >= 4 is 11.3 Å². The molecule has 0 radical (unpaired) electrons. The molecule has 0 aromatic carbocycles. The minimum atomic E-state index is 0.0698. The molecule has 0 aliphatic rings. The van der Waals surface area contributed by atoms with Gasteiger partial charge in [-0.05, 0) is 12.5 Å². The van der Waals surface area contributed by atoms with Crippen molar-refractivity contribution in [3.8, 4) is 0 Å². The van der Waals surface area contributed by atoms with E-state index < -0.39 is 0 Å². The molecule has 3 nitrogen and oxygen atoms in total. The molecule has 0 saturated carbocycles. The van der Waals surface area contributed by atoms with Gasteiger partial charge in [-0.15, -0.1) is 11.3 Å². The Morgan fingerprint density at radius 2 is 2.00 bits per heavy atom. The predicted octanol–water partition coefficient (Wildman–Crippen LogP) is 3.11. The molecule has 1 heterocycles. The van der Waals surface area contributed by atoms with Gasteiger partial charge in [-0.1, -0.05) is 34.6 Å². The Morgan fingerprint density at radius 1 is 1.39 bits per heavy atom. The summed E-state index contributed by atoms with van der Waals surface area (Å²) < 4.78 is 0. The van der Waals surface area contributed by atoms with E-state index in [-0.39, 0.29) is 18.1 Å². The van der Waals surface area contributed by atoms with Crippen LogP contribution < -0.4 is 0 Å². The molecule has 1 unspecified atom stereocenters. The Morgan fingerprint density at radius 3 is 2.39 bits per heavy atom. The van der Waals surface area contributed by atoms with Crippen molar-refractivity contribution in [3.63, 3.8) is 0 Å². The Labute approximate surface area is 115 Å². The van der Waals surface area contributed by atoms with E-state index in [4.69, 9.17) is 0 Å². The van der Waals surface area contributed by atoms with Crippen molar-refractivity contribution in [1.29, 1.82) is 0 Å². The van der Waals surface area contributed by atoms with E-state index in [9.17, 15) is 5.11 Å². The summed E-state index contributed by atoms with van der Waals surface area (Å²) in [4.78, 5) is 6.84. The molecule has 1 N–H and O–H groups in total. The first kappa shape index (κ1) is 15.6. The van der Waals surface area contributed by atoms with Crippen molar-refractivity contribution in [1.82, 2.24) is 9.88 Å². The quantitative estimate of drug-likeness (QED) is 0.893. The third-order valence-electron chi connectivity index (χ3n) is 3.18. The molecule has 0 amide bonds. The highest BCUT2D eigenvalue weighted by Gasteiger charge is 2.27. The number of thiazole rings is 1. The van der Waals surface area contributed by atoms with Gasteiger partial charge in [0.2, 0.25) is 0 Å². The second-order valence-electron chi connectivity index (χ2n) is 6.31. The normalized spacial score (nSPS) is 14.5. The summed E-state index contributed by atoms with van der Waals surface area (Å²) in [5.41, 5.74) is 1.18. The average molecular weight is 270 g/mol. The van der Waals surface area contributed by atoms with Crippen LogP contribution >= 0.6 is 11.3 Å². The van der Waals surface area contributed by atoms with E-state index in [1.165, 1.54) is 5.01 Å². The van der Waals surface area contributed by atoms with E-state index in [0.29, 0.717) is 5.92 Å². The number of aliphatic hydroxyl groups excluding tert-OH is 1. The fourth-order valence-electron chi connectivity index (χ4n) is 2.10. The van der Waals surface area contributed by atoms with Crippen molar-refractivity contribution in [2.75, 3.05) is 13.7 Å². The SMILES string of the molecule is CC(C)c1nc(CN(C)C(CO)C(C)(C)C)cs1. The number of aromatic nitrogens is 1. The molecule has 4 heteroatoms. The van der Waals surface area contributed by atoms with Crippen LogP contribution in [-0.2, 0) is 6.54 Å². The maximum Gasteiger partial charge on any atom is 0.0954 e. The smallest absolute Gasteiger partial charge is 0.0954 e. The number of hydrogen-bond donors (Lipinski definition) is 1. The third-order valence-corrected chi connectivity index (χ3v) is 4.37. The summed E-state index contributed by atoms with van der Waals surface area (Å²) >= 11 is 1.73. The van der Waals surface area contributed by atoms with Crippen molar-refractivity contribution in [3.05, 3.63) is 16.1 Å². The van der Waals surface area contributed by atoms with Crippen LogP contribution in [0.2, 0.25) is 0 Å². The summed E-state index contributed by atoms with van der Waals surface area (Å²) in [6, 6.07) is 0.154. The number of rotatable bonds is 5. The highest BCUT2D eigenvalue weighted by molar-refractivity contribution is 7.09. The van der Waals surface area contributed by atoms with Crippen LogP contribution in [0.5, 0.6) is 0 Å². The fourth-order valence-corrected chi connectivity index (χ4v) is 2.93. The zero-order valence-corrected chi connectivity index (χ0v) is 13.2. The van der Waals surface area contributed by atoms with E-state index in [2.05, 4.69) is 56.9 Å². The second kappa shape index (κ2) is 6.13. The van der Waals surface area contributed by atoms with Gasteiger partial charge in [-0.3, -0.25) is 4.90 Å². The van der Waals surface area contributed by atoms with Gasteiger partial charge in [-0.25, -0.2) is 4.98 Å². The van der Waals surface area contributed by atoms with Gasteiger partial charge in [-0.2, -0.15) is 0 Å². The van der Waals surface area contributed by atoms with Gasteiger partial charge in [0, 0.05) is 23.9 Å². The van der Waals surface area contributed by atoms with Crippen LogP contribution in [-0.4, -0.2) is 34.7 Å². The molecular formula is C14H26N2OS. The minimum absolute atomic E-state index is 0.0698. The van der Waals surface area contributed by atoms with E-state index in [0.717, 1.165) is 12.2 Å². The molecule has 1 aromatic heterocycles. The van der Waals surface area contributed by atoms with Crippen LogP contribution in [0.4, 0.5) is 0 Å². The lowest BCUT2D eigenvalue weighted by Gasteiger charge is -2.36. The summed E-state index contributed by atoms with van der Waals surface area (Å²) in [7, 11) is 2.06. The van der Waals surface area contributed by atoms with Gasteiger partial charge in [0.05, 0.1) is 17.3 Å². The zero-order chi connectivity index (χ0) is 13.9. The summed E-state index contributed by atoms with van der Waals surface area (Å²) in [5, 5.41) is 12.9. The molecular weight excluding hydrogens is 244 g/mol. The highest BCUT2D eigenvalue weighted by atomic mass is 32.1. The Hall–Kier alpha value is -0.450. The van der Waals surface area contributed by atoms with Crippen molar-refractivity contribution < 1.29 is 5.11 Å². The number of hydrogen-bond acceptors (Lipinski definition) is 4. The number of likely N-dealkylation sites (N-methyl/N-ethyl adjacent to an activating group) is 1. The number of aliphatic hydroxyl groups is 1. The van der Waals surface area contributed by atoms with Gasteiger partial charge in [0.1, 0.15) is 0 Å². The highest BCUT2D eigenvalue weighted by Crippen LogP contribution is 2.25. The first-order chi connectivity index (χ1) is 8.25. The topological polar surface area (TPSA) is 36.4 Å². The predicted molar refractivity (Wildman–Crippen MR) is 78.0 cm³/mol. The Kier molecular flexibility index (Phi) is 5.32. The van der Waals surface area contributed by atoms with Gasteiger partial charge < -0.3 is 5.11 Å². The summed E-state index contributed by atoms with van der Waals surface area (Å²) in [6.07, 6.45) is 0. The molecule has 1 atom stereocenters. The first-order valence-electron chi connectivity index (χ1n) is 6.51. The van der Waals surface area contributed by atoms with Crippen LogP contribution in [0.1, 0.15) is 51.2 Å². The lowest BCUT2D eigenvalue weighted by Crippen LogP contribution is -2.44. The molecule has 0 saturated heterocycles. The molecule has 0 spiro atoms. The standard InChI is InChI=1S/C14H26N2OS/c1-10(2)13-15-11(9-18-13)7-16(6)12(8-17)14(3,4)5/h9-10,12,17H,7-8H2,1-6H3. The molecule has 18 heavy (non-hydrogen) atoms. The third kappa shape index (κ3) is 4.04. The molecule has 1 rings (SSSR count). The van der Waals surface area contributed by atoms with Gasteiger partial charge in [0.15, 0.2) is 0 Å². The summed E-state index contributed by atoms with van der Waals surface area (Å²) in [6.45, 7) is 11.8. The van der Waals surface area contributed by atoms with Crippen molar-refractivity contribution in [2.45, 2.75) is 53.1 Å². The minimum Gasteiger partial charge on any atom is -0.395 e. The molecule has 104 valence electrons.